The maximum Gasteiger partial charge on any atom is 0.269 e. The Kier molecular flexibility index (Phi) is 7.61. The molecule has 0 bridgehead atoms. The molecule has 7 nitrogen and oxygen atoms in total. The van der Waals surface area contributed by atoms with Crippen LogP contribution in [0.15, 0.2) is 30.5 Å². The van der Waals surface area contributed by atoms with E-state index in [9.17, 15) is 4.79 Å². The average Bonchev–Trinajstić information content (AvgIpc) is 3.27. The highest BCUT2D eigenvalue weighted by Crippen LogP contribution is 2.23. The number of nitrogens with zero attached hydrogens (tertiary/aromatic N) is 5. The smallest absolute Gasteiger partial charge is 0.269 e. The number of nitrogens with one attached hydrogen (secondary N) is 1. The van der Waals surface area contributed by atoms with Gasteiger partial charge in [-0.2, -0.15) is 10.2 Å². The molecule has 1 unspecified atom stereocenters. The number of amides is 1. The van der Waals surface area contributed by atoms with Crippen molar-refractivity contribution in [2.75, 3.05) is 24.6 Å². The first kappa shape index (κ1) is 22.0. The molecule has 2 heterocycles. The number of likely N-dealkylation sites (tertiary alicyclic amines) is 1. The fraction of sp³-hybridized carbons (Fsp3) is 0.455. The zero-order chi connectivity index (χ0) is 21.5. The Morgan fingerprint density at radius 3 is 2.67 bits per heavy atom. The Bertz CT molecular complexity index is 905. The lowest BCUT2D eigenvalue weighted by Crippen LogP contribution is -2.45. The summed E-state index contributed by atoms with van der Waals surface area (Å²) in [6.07, 6.45) is 4.81. The molecule has 1 N–H and O–H groups in total. The van der Waals surface area contributed by atoms with Crippen molar-refractivity contribution in [2.45, 2.75) is 39.7 Å². The van der Waals surface area contributed by atoms with E-state index in [0.717, 1.165) is 26.1 Å². The number of hydrogen-bond donors (Lipinski definition) is 1. The third-order valence-corrected chi connectivity index (χ3v) is 5.60. The fourth-order valence-electron chi connectivity index (χ4n) is 3.37. The molecule has 30 heavy (non-hydrogen) atoms. The van der Waals surface area contributed by atoms with Crippen molar-refractivity contribution in [1.82, 2.24) is 20.3 Å². The summed E-state index contributed by atoms with van der Waals surface area (Å²) in [6.45, 7) is 7.85. The molecule has 1 aromatic carbocycles. The number of aromatic nitrogens is 2. The number of benzene rings is 1. The molecule has 1 fully saturated rings. The van der Waals surface area contributed by atoms with Crippen molar-refractivity contribution in [3.8, 4) is 6.07 Å². The SMILES string of the molecule is CCC(C)CN(NC(=O)c1ccc(CN2CCCC2)cc1)c1nc(C#N)ncc1Cl. The number of nitriles is 1. The topological polar surface area (TPSA) is 85.2 Å². The maximum absolute atomic E-state index is 12.9. The lowest BCUT2D eigenvalue weighted by molar-refractivity contribution is 0.0947. The molecular weight excluding hydrogens is 400 g/mol. The van der Waals surface area contributed by atoms with Crippen LogP contribution < -0.4 is 10.4 Å². The molecule has 0 spiro atoms. The molecule has 0 radical (unpaired) electrons. The van der Waals surface area contributed by atoms with Crippen molar-refractivity contribution < 1.29 is 4.79 Å². The highest BCUT2D eigenvalue weighted by molar-refractivity contribution is 6.32. The summed E-state index contributed by atoms with van der Waals surface area (Å²) < 4.78 is 0. The molecule has 1 aromatic heterocycles. The molecule has 1 saturated heterocycles. The second-order valence-corrected chi connectivity index (χ2v) is 8.13. The molecular formula is C22H27ClN6O. The number of anilines is 1. The van der Waals surface area contributed by atoms with Gasteiger partial charge >= 0.3 is 0 Å². The molecule has 158 valence electrons. The molecule has 0 aliphatic carbocycles. The van der Waals surface area contributed by atoms with Crippen LogP contribution in [-0.2, 0) is 6.54 Å². The average molecular weight is 427 g/mol. The molecule has 3 rings (SSSR count). The quantitative estimate of drug-likeness (QED) is 0.646. The lowest BCUT2D eigenvalue weighted by atomic mass is 10.1. The van der Waals surface area contributed by atoms with Crippen LogP contribution in [0.2, 0.25) is 5.02 Å². The van der Waals surface area contributed by atoms with Crippen molar-refractivity contribution >= 4 is 23.3 Å². The summed E-state index contributed by atoms with van der Waals surface area (Å²) in [5, 5.41) is 11.0. The number of carbonyl (C=O) groups excluding carboxylic acids is 1. The molecule has 1 atom stereocenters. The molecule has 8 heteroatoms. The van der Waals surface area contributed by atoms with Gasteiger partial charge in [0.25, 0.3) is 5.91 Å². The number of halogens is 1. The van der Waals surface area contributed by atoms with Gasteiger partial charge in [0, 0.05) is 18.7 Å². The standard InChI is InChI=1S/C22H27ClN6O/c1-3-16(2)14-29(21-19(23)13-25-20(12-24)26-21)27-22(30)18-8-6-17(7-9-18)15-28-10-4-5-11-28/h6-9,13,16H,3-5,10-11,14-15H2,1-2H3,(H,27,30). The third-order valence-electron chi connectivity index (χ3n) is 5.33. The first-order valence-electron chi connectivity index (χ1n) is 10.3. The zero-order valence-corrected chi connectivity index (χ0v) is 18.2. The monoisotopic (exact) mass is 426 g/mol. The Morgan fingerprint density at radius 1 is 1.33 bits per heavy atom. The van der Waals surface area contributed by atoms with Crippen LogP contribution in [0.5, 0.6) is 0 Å². The van der Waals surface area contributed by atoms with Crippen molar-refractivity contribution in [3.63, 3.8) is 0 Å². The Morgan fingerprint density at radius 2 is 2.03 bits per heavy atom. The summed E-state index contributed by atoms with van der Waals surface area (Å²) in [5.74, 6) is 0.357. The van der Waals surface area contributed by atoms with E-state index in [1.54, 1.807) is 5.01 Å². The molecule has 1 aliphatic rings. The molecule has 1 amide bonds. The molecule has 2 aromatic rings. The predicted molar refractivity (Wildman–Crippen MR) is 117 cm³/mol. The van der Waals surface area contributed by atoms with Gasteiger partial charge in [-0.05, 0) is 49.5 Å². The van der Waals surface area contributed by atoms with E-state index < -0.39 is 0 Å². The Balaban J connectivity index is 1.75. The summed E-state index contributed by atoms with van der Waals surface area (Å²) in [5.41, 5.74) is 4.65. The highest BCUT2D eigenvalue weighted by atomic mass is 35.5. The van der Waals surface area contributed by atoms with Crippen molar-refractivity contribution in [1.29, 1.82) is 5.26 Å². The van der Waals surface area contributed by atoms with E-state index in [4.69, 9.17) is 16.9 Å². The Hall–Kier alpha value is -2.69. The van der Waals surface area contributed by atoms with Crippen molar-refractivity contribution in [3.05, 3.63) is 52.4 Å². The van der Waals surface area contributed by atoms with E-state index in [1.165, 1.54) is 24.6 Å². The van der Waals surface area contributed by atoms with E-state index in [-0.39, 0.29) is 22.7 Å². The Labute approximate surface area is 182 Å². The predicted octanol–water partition coefficient (Wildman–Crippen LogP) is 3.79. The van der Waals surface area contributed by atoms with Gasteiger partial charge in [-0.15, -0.1) is 0 Å². The largest absolute Gasteiger partial charge is 0.299 e. The molecule has 1 aliphatic heterocycles. The second-order valence-electron chi connectivity index (χ2n) is 7.72. The number of hydrazine groups is 1. The van der Waals surface area contributed by atoms with Crippen LogP contribution in [0, 0.1) is 17.2 Å². The normalized spacial score (nSPS) is 14.9. The highest BCUT2D eigenvalue weighted by Gasteiger charge is 2.20. The van der Waals surface area contributed by atoms with Gasteiger partial charge in [-0.1, -0.05) is 44.0 Å². The zero-order valence-electron chi connectivity index (χ0n) is 17.4. The first-order valence-corrected chi connectivity index (χ1v) is 10.7. The van der Waals surface area contributed by atoms with E-state index in [0.29, 0.717) is 17.9 Å². The van der Waals surface area contributed by atoms with Gasteiger partial charge < -0.3 is 0 Å². The van der Waals surface area contributed by atoms with Crippen LogP contribution in [0.25, 0.3) is 0 Å². The van der Waals surface area contributed by atoms with E-state index in [2.05, 4.69) is 34.1 Å². The van der Waals surface area contributed by atoms with E-state index in [1.807, 2.05) is 30.3 Å². The van der Waals surface area contributed by atoms with Gasteiger partial charge in [0.05, 0.1) is 6.20 Å². The van der Waals surface area contributed by atoms with Gasteiger partial charge in [0.2, 0.25) is 5.82 Å². The van der Waals surface area contributed by atoms with Crippen LogP contribution in [0.3, 0.4) is 0 Å². The minimum atomic E-state index is -0.251. The van der Waals surface area contributed by atoms with Crippen LogP contribution in [0.4, 0.5) is 5.82 Å². The maximum atomic E-state index is 12.9. The summed E-state index contributed by atoms with van der Waals surface area (Å²) in [7, 11) is 0. The molecule has 0 saturated carbocycles. The third kappa shape index (κ3) is 5.68. The minimum absolute atomic E-state index is 0.00376. The second kappa shape index (κ2) is 10.4. The lowest BCUT2D eigenvalue weighted by Gasteiger charge is -2.27. The van der Waals surface area contributed by atoms with E-state index >= 15 is 0 Å². The van der Waals surface area contributed by atoms with Crippen LogP contribution >= 0.6 is 11.6 Å². The van der Waals surface area contributed by atoms with Crippen LogP contribution in [0.1, 0.15) is 54.9 Å². The summed E-state index contributed by atoms with van der Waals surface area (Å²) in [4.78, 5) is 23.4. The summed E-state index contributed by atoms with van der Waals surface area (Å²) in [6, 6.07) is 9.58. The number of carbonyl (C=O) groups is 1. The van der Waals surface area contributed by atoms with Crippen LogP contribution in [-0.4, -0.2) is 40.4 Å². The van der Waals surface area contributed by atoms with Gasteiger partial charge in [-0.25, -0.2) is 4.98 Å². The number of hydrogen-bond acceptors (Lipinski definition) is 6. The van der Waals surface area contributed by atoms with Gasteiger partial charge in [0.15, 0.2) is 5.82 Å². The number of rotatable bonds is 8. The summed E-state index contributed by atoms with van der Waals surface area (Å²) >= 11 is 6.27. The first-order chi connectivity index (χ1) is 14.5. The fourth-order valence-corrected chi connectivity index (χ4v) is 3.57. The minimum Gasteiger partial charge on any atom is -0.299 e. The van der Waals surface area contributed by atoms with Crippen molar-refractivity contribution in [2.24, 2.45) is 5.92 Å². The van der Waals surface area contributed by atoms with Gasteiger partial charge in [-0.3, -0.25) is 20.1 Å². The van der Waals surface area contributed by atoms with Gasteiger partial charge in [0.1, 0.15) is 11.1 Å².